The fraction of sp³-hybridized carbons (Fsp3) is 0.476. The minimum atomic E-state index is -1.11. The van der Waals surface area contributed by atoms with Crippen molar-refractivity contribution in [3.05, 3.63) is 30.4 Å². The summed E-state index contributed by atoms with van der Waals surface area (Å²) in [5, 5.41) is 14.0. The smallest absolute Gasteiger partial charge is 0.409 e. The molecule has 4 rings (SSSR count). The van der Waals surface area contributed by atoms with E-state index in [-0.39, 0.29) is 6.61 Å². The van der Waals surface area contributed by atoms with E-state index in [0.717, 1.165) is 18.2 Å². The molecule has 1 amide bonds. The number of carboxylic acid groups (broad SMARTS) is 1. The number of ether oxygens (including phenoxy) is 1. The highest BCUT2D eigenvalue weighted by molar-refractivity contribution is 5.80. The Morgan fingerprint density at radius 2 is 2.10 bits per heavy atom. The van der Waals surface area contributed by atoms with Crippen molar-refractivity contribution < 1.29 is 28.4 Å². The van der Waals surface area contributed by atoms with Crippen molar-refractivity contribution in [2.24, 2.45) is 11.3 Å². The molecule has 3 aromatic rings. The Balaban J connectivity index is 1.28. The quantitative estimate of drug-likeness (QED) is 0.627. The first kappa shape index (κ1) is 20.8. The van der Waals surface area contributed by atoms with Crippen molar-refractivity contribution in [3.63, 3.8) is 0 Å². The van der Waals surface area contributed by atoms with E-state index in [1.165, 1.54) is 13.8 Å². The number of hydrogen-bond donors (Lipinski definition) is 1. The number of carbonyl (C=O) groups excluding carboxylic acids is 1. The molecule has 4 heterocycles. The van der Waals surface area contributed by atoms with Crippen LogP contribution in [0.2, 0.25) is 0 Å². The number of hydrogen-bond acceptors (Lipinski definition) is 8. The minimum absolute atomic E-state index is 0.162. The SMILES string of the molecule is CC(C)(COC(=O)N1CCC(Cc2noc(-c3cc4cnccc4o3)n2)CC1)C(=O)O. The fourth-order valence-electron chi connectivity index (χ4n) is 3.40. The largest absolute Gasteiger partial charge is 0.481 e. The second-order valence-corrected chi connectivity index (χ2v) is 8.42. The van der Waals surface area contributed by atoms with Gasteiger partial charge in [0.15, 0.2) is 11.6 Å². The Kier molecular flexibility index (Phi) is 5.62. The van der Waals surface area contributed by atoms with Gasteiger partial charge in [0.1, 0.15) is 12.2 Å². The third-order valence-electron chi connectivity index (χ3n) is 5.47. The van der Waals surface area contributed by atoms with Gasteiger partial charge >= 0.3 is 12.1 Å². The normalized spacial score (nSPS) is 15.4. The van der Waals surface area contributed by atoms with Crippen LogP contribution in [0.25, 0.3) is 22.6 Å². The van der Waals surface area contributed by atoms with E-state index >= 15 is 0 Å². The van der Waals surface area contributed by atoms with Crippen LogP contribution in [0.3, 0.4) is 0 Å². The predicted octanol–water partition coefficient (Wildman–Crippen LogP) is 3.38. The second-order valence-electron chi connectivity index (χ2n) is 8.42. The predicted molar refractivity (Wildman–Crippen MR) is 108 cm³/mol. The number of likely N-dealkylation sites (tertiary alicyclic amines) is 1. The Bertz CT molecular complexity index is 1050. The van der Waals surface area contributed by atoms with Crippen LogP contribution in [0.4, 0.5) is 4.79 Å². The summed E-state index contributed by atoms with van der Waals surface area (Å²) >= 11 is 0. The number of furan rings is 1. The van der Waals surface area contributed by atoms with Gasteiger partial charge in [-0.25, -0.2) is 4.79 Å². The molecule has 10 heteroatoms. The van der Waals surface area contributed by atoms with E-state index < -0.39 is 17.5 Å². The molecule has 1 N–H and O–H groups in total. The zero-order valence-corrected chi connectivity index (χ0v) is 17.4. The molecule has 3 aromatic heterocycles. The maximum absolute atomic E-state index is 12.2. The molecule has 1 fully saturated rings. The summed E-state index contributed by atoms with van der Waals surface area (Å²) in [5.74, 6) is 0.734. The van der Waals surface area contributed by atoms with Gasteiger partial charge in [-0.15, -0.1) is 0 Å². The van der Waals surface area contributed by atoms with E-state index in [4.69, 9.17) is 18.8 Å². The summed E-state index contributed by atoms with van der Waals surface area (Å²) in [6.45, 7) is 3.97. The molecule has 0 radical (unpaired) electrons. The number of carbonyl (C=O) groups is 2. The molecule has 1 saturated heterocycles. The van der Waals surface area contributed by atoms with Crippen LogP contribution >= 0.6 is 0 Å². The number of aromatic nitrogens is 3. The summed E-state index contributed by atoms with van der Waals surface area (Å²) in [6.07, 6.45) is 5.08. The van der Waals surface area contributed by atoms with E-state index in [0.29, 0.717) is 48.5 Å². The van der Waals surface area contributed by atoms with Gasteiger partial charge < -0.3 is 23.7 Å². The number of piperidine rings is 1. The molecule has 0 aliphatic carbocycles. The highest BCUT2D eigenvalue weighted by atomic mass is 16.6. The number of aliphatic carboxylic acids is 1. The molecule has 31 heavy (non-hydrogen) atoms. The zero-order chi connectivity index (χ0) is 22.0. The van der Waals surface area contributed by atoms with E-state index in [2.05, 4.69) is 15.1 Å². The lowest BCUT2D eigenvalue weighted by Gasteiger charge is -2.31. The van der Waals surface area contributed by atoms with Gasteiger partial charge in [-0.2, -0.15) is 4.98 Å². The van der Waals surface area contributed by atoms with E-state index in [1.807, 2.05) is 6.07 Å². The lowest BCUT2D eigenvalue weighted by atomic mass is 9.93. The van der Waals surface area contributed by atoms with Crippen LogP contribution in [-0.2, 0) is 16.0 Å². The molecule has 164 valence electrons. The standard InChI is InChI=1S/C21H24N4O6/c1-21(2,19(26)27)12-29-20(28)25-7-4-13(5-8-25)9-17-23-18(31-24-17)16-10-14-11-22-6-3-15(14)30-16/h3,6,10-11,13H,4-5,7-9,12H2,1-2H3,(H,26,27). The first-order valence-corrected chi connectivity index (χ1v) is 10.1. The molecule has 1 aliphatic rings. The maximum atomic E-state index is 12.2. The molecule has 0 unspecified atom stereocenters. The van der Waals surface area contributed by atoms with Gasteiger partial charge in [-0.1, -0.05) is 5.16 Å². The van der Waals surface area contributed by atoms with Crippen molar-refractivity contribution in [2.45, 2.75) is 33.1 Å². The summed E-state index contributed by atoms with van der Waals surface area (Å²) in [4.78, 5) is 33.5. The molecule has 0 atom stereocenters. The van der Waals surface area contributed by atoms with Gasteiger partial charge in [0.25, 0.3) is 5.89 Å². The topological polar surface area (TPSA) is 132 Å². The molecular weight excluding hydrogens is 404 g/mol. The first-order valence-electron chi connectivity index (χ1n) is 10.1. The fourth-order valence-corrected chi connectivity index (χ4v) is 3.40. The Hall–Kier alpha value is -3.43. The molecule has 10 nitrogen and oxygen atoms in total. The van der Waals surface area contributed by atoms with Crippen molar-refractivity contribution in [2.75, 3.05) is 19.7 Å². The summed E-state index contributed by atoms with van der Waals surface area (Å²) in [7, 11) is 0. The molecule has 0 saturated carbocycles. The lowest BCUT2D eigenvalue weighted by Crippen LogP contribution is -2.41. The third-order valence-corrected chi connectivity index (χ3v) is 5.47. The van der Waals surface area contributed by atoms with Crippen LogP contribution in [0.5, 0.6) is 0 Å². The van der Waals surface area contributed by atoms with Gasteiger partial charge in [0, 0.05) is 37.3 Å². The number of rotatable bonds is 6. The number of fused-ring (bicyclic) bond motifs is 1. The Morgan fingerprint density at radius 1 is 1.32 bits per heavy atom. The van der Waals surface area contributed by atoms with Crippen LogP contribution in [0.1, 0.15) is 32.5 Å². The average Bonchev–Trinajstić information content (AvgIpc) is 3.39. The van der Waals surface area contributed by atoms with E-state index in [9.17, 15) is 9.59 Å². The van der Waals surface area contributed by atoms with Gasteiger partial charge in [0.2, 0.25) is 0 Å². The first-order chi connectivity index (χ1) is 14.8. The third kappa shape index (κ3) is 4.68. The van der Waals surface area contributed by atoms with Gasteiger partial charge in [-0.05, 0) is 44.7 Å². The van der Waals surface area contributed by atoms with Crippen LogP contribution in [-0.4, -0.2) is 56.9 Å². The summed E-state index contributed by atoms with van der Waals surface area (Å²) in [6, 6.07) is 3.59. The van der Waals surface area contributed by atoms with Crippen molar-refractivity contribution >= 4 is 23.0 Å². The molecule has 0 bridgehead atoms. The Morgan fingerprint density at radius 3 is 2.81 bits per heavy atom. The van der Waals surface area contributed by atoms with Crippen molar-refractivity contribution in [1.29, 1.82) is 0 Å². The molecular formula is C21H24N4O6. The molecule has 1 aliphatic heterocycles. The summed E-state index contributed by atoms with van der Waals surface area (Å²) < 4.78 is 16.3. The number of amides is 1. The average molecular weight is 428 g/mol. The molecule has 0 spiro atoms. The van der Waals surface area contributed by atoms with Gasteiger partial charge in [0.05, 0.1) is 5.41 Å². The molecule has 0 aromatic carbocycles. The lowest BCUT2D eigenvalue weighted by molar-refractivity contribution is -0.149. The second kappa shape index (κ2) is 8.37. The minimum Gasteiger partial charge on any atom is -0.481 e. The number of nitrogens with zero attached hydrogens (tertiary/aromatic N) is 4. The highest BCUT2D eigenvalue weighted by Gasteiger charge is 2.31. The monoisotopic (exact) mass is 428 g/mol. The van der Waals surface area contributed by atoms with Crippen LogP contribution in [0.15, 0.2) is 33.5 Å². The van der Waals surface area contributed by atoms with E-state index in [1.54, 1.807) is 23.4 Å². The van der Waals surface area contributed by atoms with Crippen LogP contribution < -0.4 is 0 Å². The van der Waals surface area contributed by atoms with Crippen LogP contribution in [0, 0.1) is 11.3 Å². The number of carboxylic acids is 1. The summed E-state index contributed by atoms with van der Waals surface area (Å²) in [5.41, 5.74) is -0.406. The zero-order valence-electron chi connectivity index (χ0n) is 17.4. The maximum Gasteiger partial charge on any atom is 0.409 e. The Labute approximate surface area is 178 Å². The highest BCUT2D eigenvalue weighted by Crippen LogP contribution is 2.27. The van der Waals surface area contributed by atoms with Gasteiger partial charge in [-0.3, -0.25) is 9.78 Å². The number of pyridine rings is 1. The van der Waals surface area contributed by atoms with Crippen molar-refractivity contribution in [3.8, 4) is 11.7 Å². The van der Waals surface area contributed by atoms with Crippen molar-refractivity contribution in [1.82, 2.24) is 20.0 Å².